The van der Waals surface area contributed by atoms with Crippen LogP contribution in [0.4, 0.5) is 0 Å². The summed E-state index contributed by atoms with van der Waals surface area (Å²) in [5, 5.41) is 3.67. The predicted molar refractivity (Wildman–Crippen MR) is 90.7 cm³/mol. The van der Waals surface area contributed by atoms with Crippen molar-refractivity contribution in [3.8, 4) is 0 Å². The summed E-state index contributed by atoms with van der Waals surface area (Å²) >= 11 is 5.33. The smallest absolute Gasteiger partial charge is 0.122 e. The number of likely N-dealkylation sites (tertiary alicyclic amines) is 1. The van der Waals surface area contributed by atoms with Gasteiger partial charge < -0.3 is 9.73 Å². The molecule has 0 aromatic carbocycles. The van der Waals surface area contributed by atoms with E-state index >= 15 is 0 Å². The molecule has 1 N–H and O–H groups in total. The fourth-order valence-corrected chi connectivity index (χ4v) is 4.34. The zero-order valence-corrected chi connectivity index (χ0v) is 14.6. The van der Waals surface area contributed by atoms with Gasteiger partial charge in [0.15, 0.2) is 0 Å². The average Bonchev–Trinajstić information content (AvgIpc) is 3.21. The van der Waals surface area contributed by atoms with Crippen LogP contribution in [0.1, 0.15) is 42.5 Å². The maximum Gasteiger partial charge on any atom is 0.122 e. The molecule has 3 rings (SSSR count). The molecule has 2 atom stereocenters. The largest absolute Gasteiger partial charge is 0.468 e. The molecule has 114 valence electrons. The summed E-state index contributed by atoms with van der Waals surface area (Å²) in [5.41, 5.74) is 0. The lowest BCUT2D eigenvalue weighted by atomic mass is 10.1. The normalized spacial score (nSPS) is 19.0. The highest BCUT2D eigenvalue weighted by atomic mass is 79.9. The molecule has 0 bridgehead atoms. The lowest BCUT2D eigenvalue weighted by molar-refractivity contribution is 0.206. The van der Waals surface area contributed by atoms with Crippen LogP contribution in [-0.2, 0) is 0 Å². The van der Waals surface area contributed by atoms with Crippen LogP contribution in [0.2, 0.25) is 0 Å². The van der Waals surface area contributed by atoms with Crippen molar-refractivity contribution in [2.24, 2.45) is 0 Å². The van der Waals surface area contributed by atoms with Crippen LogP contribution in [0, 0.1) is 0 Å². The van der Waals surface area contributed by atoms with Gasteiger partial charge in [0.2, 0.25) is 0 Å². The van der Waals surface area contributed by atoms with Crippen molar-refractivity contribution in [2.45, 2.75) is 31.8 Å². The first-order chi connectivity index (χ1) is 10.2. The highest BCUT2D eigenvalue weighted by Crippen LogP contribution is 2.29. The number of halogens is 1. The maximum atomic E-state index is 5.66. The molecule has 1 aliphatic rings. The number of nitrogens with one attached hydrogen (secondary N) is 1. The molecule has 1 fully saturated rings. The average molecular weight is 369 g/mol. The monoisotopic (exact) mass is 368 g/mol. The van der Waals surface area contributed by atoms with E-state index in [4.69, 9.17) is 4.42 Å². The van der Waals surface area contributed by atoms with E-state index in [2.05, 4.69) is 51.3 Å². The number of nitrogens with zero attached hydrogens (tertiary/aromatic N) is 1. The van der Waals surface area contributed by atoms with Gasteiger partial charge in [0.25, 0.3) is 0 Å². The van der Waals surface area contributed by atoms with E-state index in [-0.39, 0.29) is 0 Å². The fraction of sp³-hybridized carbons (Fsp3) is 0.500. The molecule has 1 aliphatic heterocycles. The Morgan fingerprint density at radius 3 is 2.76 bits per heavy atom. The zero-order valence-electron chi connectivity index (χ0n) is 12.2. The minimum absolute atomic E-state index is 0.341. The Balaban J connectivity index is 1.64. The van der Waals surface area contributed by atoms with Crippen LogP contribution in [0.25, 0.3) is 0 Å². The van der Waals surface area contributed by atoms with Gasteiger partial charge in [0, 0.05) is 17.5 Å². The van der Waals surface area contributed by atoms with Crippen LogP contribution in [0.15, 0.2) is 38.7 Å². The third-order valence-electron chi connectivity index (χ3n) is 4.09. The van der Waals surface area contributed by atoms with Crippen LogP contribution < -0.4 is 5.32 Å². The summed E-state index contributed by atoms with van der Waals surface area (Å²) < 4.78 is 6.85. The molecule has 3 heterocycles. The topological polar surface area (TPSA) is 28.4 Å². The maximum absolute atomic E-state index is 5.66. The summed E-state index contributed by atoms with van der Waals surface area (Å²) in [7, 11) is 0. The quantitative estimate of drug-likeness (QED) is 0.807. The zero-order chi connectivity index (χ0) is 14.7. The number of hydrogen-bond acceptors (Lipinski definition) is 4. The second kappa shape index (κ2) is 7.09. The molecule has 21 heavy (non-hydrogen) atoms. The van der Waals surface area contributed by atoms with E-state index in [1.54, 1.807) is 17.6 Å². The Hall–Kier alpha value is -0.620. The molecule has 2 unspecified atom stereocenters. The van der Waals surface area contributed by atoms with Crippen molar-refractivity contribution in [1.29, 1.82) is 0 Å². The SMILES string of the molecule is CC(NCC(c1ccco1)N1CCCC1)c1ccc(Br)s1. The van der Waals surface area contributed by atoms with Crippen LogP contribution in [-0.4, -0.2) is 24.5 Å². The summed E-state index contributed by atoms with van der Waals surface area (Å²) in [6.45, 7) is 5.49. The van der Waals surface area contributed by atoms with Gasteiger partial charge in [-0.05, 0) is 73.1 Å². The van der Waals surface area contributed by atoms with E-state index in [9.17, 15) is 0 Å². The lowest BCUT2D eigenvalue weighted by Crippen LogP contribution is -2.34. The Bertz CT molecular complexity index is 548. The molecule has 0 radical (unpaired) electrons. The van der Waals surface area contributed by atoms with Gasteiger partial charge in [-0.15, -0.1) is 11.3 Å². The van der Waals surface area contributed by atoms with Crippen LogP contribution >= 0.6 is 27.3 Å². The van der Waals surface area contributed by atoms with E-state index in [0.29, 0.717) is 12.1 Å². The number of hydrogen-bond donors (Lipinski definition) is 1. The molecular formula is C16H21BrN2OS. The van der Waals surface area contributed by atoms with Crippen molar-refractivity contribution in [3.63, 3.8) is 0 Å². The molecule has 2 aromatic rings. The van der Waals surface area contributed by atoms with Crippen LogP contribution in [0.3, 0.4) is 0 Å². The van der Waals surface area contributed by atoms with E-state index in [0.717, 1.165) is 12.3 Å². The van der Waals surface area contributed by atoms with Crippen molar-refractivity contribution in [3.05, 3.63) is 45.0 Å². The number of thiophene rings is 1. The van der Waals surface area contributed by atoms with Crippen molar-refractivity contribution < 1.29 is 4.42 Å². The number of rotatable bonds is 6. The molecule has 0 aliphatic carbocycles. The van der Waals surface area contributed by atoms with Gasteiger partial charge in [-0.1, -0.05) is 0 Å². The standard InChI is InChI=1S/C16H21BrN2OS/c1-12(15-6-7-16(17)21-15)18-11-13(14-5-4-10-20-14)19-8-2-3-9-19/h4-7,10,12-13,18H,2-3,8-9,11H2,1H3. The lowest BCUT2D eigenvalue weighted by Gasteiger charge is -2.27. The Morgan fingerprint density at radius 2 is 2.14 bits per heavy atom. The molecule has 3 nitrogen and oxygen atoms in total. The molecule has 2 aromatic heterocycles. The van der Waals surface area contributed by atoms with Gasteiger partial charge in [0.1, 0.15) is 5.76 Å². The van der Waals surface area contributed by atoms with Crippen molar-refractivity contribution in [2.75, 3.05) is 19.6 Å². The van der Waals surface area contributed by atoms with Gasteiger partial charge in [-0.25, -0.2) is 0 Å². The summed E-state index contributed by atoms with van der Waals surface area (Å²) in [6, 6.07) is 9.08. The third kappa shape index (κ3) is 3.77. The fourth-order valence-electron chi connectivity index (χ4n) is 2.89. The third-order valence-corrected chi connectivity index (χ3v) is 5.90. The Labute approximate surface area is 138 Å². The van der Waals surface area contributed by atoms with E-state index < -0.39 is 0 Å². The van der Waals surface area contributed by atoms with Crippen molar-refractivity contribution >= 4 is 27.3 Å². The highest BCUT2D eigenvalue weighted by molar-refractivity contribution is 9.11. The number of furan rings is 1. The first kappa shape index (κ1) is 15.3. The Kier molecular flexibility index (Phi) is 5.16. The van der Waals surface area contributed by atoms with Gasteiger partial charge in [-0.2, -0.15) is 0 Å². The summed E-state index contributed by atoms with van der Waals surface area (Å²) in [6.07, 6.45) is 4.37. The molecule has 0 amide bonds. The van der Waals surface area contributed by atoms with Gasteiger partial charge >= 0.3 is 0 Å². The summed E-state index contributed by atoms with van der Waals surface area (Å²) in [5.74, 6) is 1.07. The molecule has 0 spiro atoms. The Morgan fingerprint density at radius 1 is 1.33 bits per heavy atom. The van der Waals surface area contributed by atoms with Crippen LogP contribution in [0.5, 0.6) is 0 Å². The first-order valence-corrected chi connectivity index (χ1v) is 9.11. The molecule has 5 heteroatoms. The van der Waals surface area contributed by atoms with Crippen molar-refractivity contribution in [1.82, 2.24) is 10.2 Å². The molecule has 0 saturated carbocycles. The van der Waals surface area contributed by atoms with Gasteiger partial charge in [0.05, 0.1) is 16.1 Å². The van der Waals surface area contributed by atoms with E-state index in [1.807, 2.05) is 6.07 Å². The first-order valence-electron chi connectivity index (χ1n) is 7.50. The van der Waals surface area contributed by atoms with E-state index in [1.165, 1.54) is 34.6 Å². The molecular weight excluding hydrogens is 348 g/mol. The highest BCUT2D eigenvalue weighted by Gasteiger charge is 2.25. The predicted octanol–water partition coefficient (Wildman–Crippen LogP) is 4.59. The minimum Gasteiger partial charge on any atom is -0.468 e. The summed E-state index contributed by atoms with van der Waals surface area (Å²) in [4.78, 5) is 3.89. The second-order valence-corrected chi connectivity index (χ2v) is 8.04. The molecule has 1 saturated heterocycles. The minimum atomic E-state index is 0.341. The second-order valence-electron chi connectivity index (χ2n) is 5.55. The van der Waals surface area contributed by atoms with Gasteiger partial charge in [-0.3, -0.25) is 4.90 Å².